The quantitative estimate of drug-likeness (QED) is 0.603. The van der Waals surface area contributed by atoms with Crippen LogP contribution in [0.1, 0.15) is 42.9 Å². The second-order valence-corrected chi connectivity index (χ2v) is 5.32. The van der Waals surface area contributed by atoms with Crippen molar-refractivity contribution >= 4 is 17.7 Å². The summed E-state index contributed by atoms with van der Waals surface area (Å²) in [4.78, 5) is 11.7. The van der Waals surface area contributed by atoms with Crippen LogP contribution in [0.4, 0.5) is 0 Å². The maximum Gasteiger partial charge on any atom is 0.341 e. The molecule has 108 valence electrons. The number of ether oxygens (including phenoxy) is 1. The summed E-state index contributed by atoms with van der Waals surface area (Å²) in [5, 5.41) is 8.76. The summed E-state index contributed by atoms with van der Waals surface area (Å²) in [6.45, 7) is 6.24. The minimum atomic E-state index is -0.359. The third-order valence-electron chi connectivity index (χ3n) is 2.67. The number of nitrogens with zero attached hydrogens (tertiary/aromatic N) is 3. The molecule has 7 heteroatoms. The first-order chi connectivity index (χ1) is 9.63. The van der Waals surface area contributed by atoms with Gasteiger partial charge < -0.3 is 13.7 Å². The van der Waals surface area contributed by atoms with Crippen LogP contribution in [0, 0.1) is 0 Å². The lowest BCUT2D eigenvalue weighted by atomic mass is 10.3. The average Bonchev–Trinajstić information content (AvgIpc) is 3.05. The van der Waals surface area contributed by atoms with Crippen molar-refractivity contribution in [1.29, 1.82) is 0 Å². The Hall–Kier alpha value is -1.76. The minimum Gasteiger partial charge on any atom is -0.468 e. The van der Waals surface area contributed by atoms with Crippen molar-refractivity contribution in [2.24, 2.45) is 0 Å². The zero-order valence-corrected chi connectivity index (χ0v) is 12.5. The van der Waals surface area contributed by atoms with Gasteiger partial charge in [0.1, 0.15) is 17.7 Å². The zero-order chi connectivity index (χ0) is 14.5. The van der Waals surface area contributed by atoms with Crippen LogP contribution in [0.25, 0.3) is 0 Å². The maximum absolute atomic E-state index is 11.7. The molecule has 6 nitrogen and oxygen atoms in total. The molecule has 0 aliphatic rings. The number of rotatable bonds is 6. The Balaban J connectivity index is 2.06. The molecule has 20 heavy (non-hydrogen) atoms. The molecule has 0 aromatic carbocycles. The first-order valence-corrected chi connectivity index (χ1v) is 7.37. The van der Waals surface area contributed by atoms with Gasteiger partial charge in [-0.15, -0.1) is 10.2 Å². The van der Waals surface area contributed by atoms with Crippen molar-refractivity contribution < 1.29 is 13.9 Å². The van der Waals surface area contributed by atoms with Crippen molar-refractivity contribution in [3.63, 3.8) is 0 Å². The second-order valence-electron chi connectivity index (χ2n) is 4.38. The molecule has 0 radical (unpaired) electrons. The highest BCUT2D eigenvalue weighted by molar-refractivity contribution is 7.98. The summed E-state index contributed by atoms with van der Waals surface area (Å²) in [5.74, 6) is 0.737. The molecule has 0 spiro atoms. The molecule has 2 aromatic heterocycles. The molecule has 0 aliphatic carbocycles. The smallest absolute Gasteiger partial charge is 0.341 e. The number of hydrogen-bond acceptors (Lipinski definition) is 6. The molecule has 0 fully saturated rings. The van der Waals surface area contributed by atoms with Crippen molar-refractivity contribution in [3.05, 3.63) is 30.0 Å². The van der Waals surface area contributed by atoms with Gasteiger partial charge >= 0.3 is 5.97 Å². The summed E-state index contributed by atoms with van der Waals surface area (Å²) in [6.07, 6.45) is 3.19. The van der Waals surface area contributed by atoms with Crippen LogP contribution in [-0.4, -0.2) is 27.3 Å². The Bertz CT molecular complexity index is 577. The number of furan rings is 1. The monoisotopic (exact) mass is 295 g/mol. The summed E-state index contributed by atoms with van der Waals surface area (Å²) in [5.41, 5.74) is 0.468. The van der Waals surface area contributed by atoms with Crippen LogP contribution in [0.2, 0.25) is 0 Å². The highest BCUT2D eigenvalue weighted by atomic mass is 32.2. The molecule has 0 saturated carbocycles. The Kier molecular flexibility index (Phi) is 4.84. The van der Waals surface area contributed by atoms with E-state index in [0.717, 1.165) is 5.16 Å². The summed E-state index contributed by atoms with van der Waals surface area (Å²) >= 11 is 1.48. The first-order valence-electron chi connectivity index (χ1n) is 6.39. The van der Waals surface area contributed by atoms with Gasteiger partial charge in [0.15, 0.2) is 5.16 Å². The molecule has 0 bridgehead atoms. The van der Waals surface area contributed by atoms with Crippen molar-refractivity contribution in [2.45, 2.75) is 37.7 Å². The third kappa shape index (κ3) is 3.22. The fourth-order valence-corrected chi connectivity index (χ4v) is 2.66. The highest BCUT2D eigenvalue weighted by Crippen LogP contribution is 2.25. The van der Waals surface area contributed by atoms with Crippen LogP contribution in [-0.2, 0) is 10.5 Å². The van der Waals surface area contributed by atoms with Crippen LogP contribution in [0.3, 0.4) is 0 Å². The van der Waals surface area contributed by atoms with Gasteiger partial charge in [-0.2, -0.15) is 0 Å². The van der Waals surface area contributed by atoms with Crippen molar-refractivity contribution in [1.82, 2.24) is 14.8 Å². The van der Waals surface area contributed by atoms with Crippen LogP contribution in [0.15, 0.2) is 28.2 Å². The number of thioether (sulfide) groups is 1. The molecule has 2 heterocycles. The molecule has 0 amide bonds. The normalized spacial score (nSPS) is 11.0. The van der Waals surface area contributed by atoms with Gasteiger partial charge in [-0.1, -0.05) is 11.8 Å². The Labute approximate surface area is 121 Å². The lowest BCUT2D eigenvalue weighted by molar-refractivity contribution is 0.0524. The van der Waals surface area contributed by atoms with Crippen LogP contribution < -0.4 is 0 Å². The summed E-state index contributed by atoms with van der Waals surface area (Å²) in [7, 11) is 0. The van der Waals surface area contributed by atoms with E-state index < -0.39 is 0 Å². The predicted octanol–water partition coefficient (Wildman–Crippen LogP) is 2.92. The number of carbonyl (C=O) groups excluding carboxylic acids is 1. The highest BCUT2D eigenvalue weighted by Gasteiger charge is 2.17. The number of aromatic nitrogens is 3. The van der Waals surface area contributed by atoms with E-state index in [1.165, 1.54) is 18.0 Å². The van der Waals surface area contributed by atoms with Crippen molar-refractivity contribution in [3.8, 4) is 0 Å². The lowest BCUT2D eigenvalue weighted by Gasteiger charge is -2.09. The fraction of sp³-hybridized carbons (Fsp3) is 0.462. The fourth-order valence-electron chi connectivity index (χ4n) is 1.66. The Morgan fingerprint density at radius 1 is 1.55 bits per heavy atom. The van der Waals surface area contributed by atoms with Gasteiger partial charge in [0.05, 0.1) is 18.6 Å². The maximum atomic E-state index is 11.7. The van der Waals surface area contributed by atoms with E-state index in [-0.39, 0.29) is 12.0 Å². The Morgan fingerprint density at radius 3 is 3.05 bits per heavy atom. The molecule has 0 saturated heterocycles. The molecule has 0 N–H and O–H groups in total. The van der Waals surface area contributed by atoms with E-state index in [2.05, 4.69) is 24.0 Å². The summed E-state index contributed by atoms with van der Waals surface area (Å²) in [6, 6.07) is 1.91. The second kappa shape index (κ2) is 6.60. The molecular weight excluding hydrogens is 278 g/mol. The van der Waals surface area contributed by atoms with E-state index in [9.17, 15) is 4.79 Å². The molecule has 2 aromatic rings. The zero-order valence-electron chi connectivity index (χ0n) is 11.7. The van der Waals surface area contributed by atoms with Crippen LogP contribution in [0.5, 0.6) is 0 Å². The topological polar surface area (TPSA) is 70.2 Å². The predicted molar refractivity (Wildman–Crippen MR) is 74.6 cm³/mol. The van der Waals surface area contributed by atoms with Crippen molar-refractivity contribution in [2.75, 3.05) is 6.61 Å². The molecular formula is C13H17N3O3S. The SMILES string of the molecule is CCOC(=O)c1ccoc1CSc1nncn1C(C)C. The number of hydrogen-bond donors (Lipinski definition) is 0. The minimum absolute atomic E-state index is 0.286. The van der Waals surface area contributed by atoms with E-state index >= 15 is 0 Å². The summed E-state index contributed by atoms with van der Waals surface area (Å²) < 4.78 is 12.3. The van der Waals surface area contributed by atoms with Gasteiger partial charge in [0.25, 0.3) is 0 Å². The molecule has 0 aliphatic heterocycles. The largest absolute Gasteiger partial charge is 0.468 e. The number of carbonyl (C=O) groups is 1. The molecule has 2 rings (SSSR count). The van der Waals surface area contributed by atoms with Gasteiger partial charge in [-0.25, -0.2) is 4.79 Å². The molecule has 0 unspecified atom stereocenters. The first kappa shape index (κ1) is 14.6. The lowest BCUT2D eigenvalue weighted by Crippen LogP contribution is -2.06. The molecule has 0 atom stereocenters. The van der Waals surface area contributed by atoms with Crippen LogP contribution >= 0.6 is 11.8 Å². The van der Waals surface area contributed by atoms with E-state index in [0.29, 0.717) is 23.7 Å². The van der Waals surface area contributed by atoms with Gasteiger partial charge in [-0.3, -0.25) is 0 Å². The Morgan fingerprint density at radius 2 is 2.35 bits per heavy atom. The van der Waals surface area contributed by atoms with E-state index in [1.807, 2.05) is 4.57 Å². The average molecular weight is 295 g/mol. The standard InChI is InChI=1S/C13H17N3O3S/c1-4-18-12(17)10-5-6-19-11(10)7-20-13-15-14-8-16(13)9(2)3/h5-6,8-9H,4,7H2,1-3H3. The van der Waals surface area contributed by atoms with E-state index in [1.54, 1.807) is 19.3 Å². The van der Waals surface area contributed by atoms with E-state index in [4.69, 9.17) is 9.15 Å². The third-order valence-corrected chi connectivity index (χ3v) is 3.63. The van der Waals surface area contributed by atoms with Gasteiger partial charge in [0, 0.05) is 6.04 Å². The number of esters is 1. The van der Waals surface area contributed by atoms with Gasteiger partial charge in [0.2, 0.25) is 0 Å². The van der Waals surface area contributed by atoms with Gasteiger partial charge in [-0.05, 0) is 26.8 Å².